The summed E-state index contributed by atoms with van der Waals surface area (Å²) in [5, 5.41) is 0. The zero-order chi connectivity index (χ0) is 15.5. The predicted molar refractivity (Wildman–Crippen MR) is 90.9 cm³/mol. The minimum atomic E-state index is -0.167. The summed E-state index contributed by atoms with van der Waals surface area (Å²) < 4.78 is 7.11. The van der Waals surface area contributed by atoms with E-state index in [2.05, 4.69) is 53.4 Å². The predicted octanol–water partition coefficient (Wildman–Crippen LogP) is 3.81. The van der Waals surface area contributed by atoms with Gasteiger partial charge in [0.15, 0.2) is 0 Å². The van der Waals surface area contributed by atoms with Gasteiger partial charge in [-0.3, -0.25) is 11.3 Å². The minimum Gasteiger partial charge on any atom is -0.377 e. The molecule has 3 nitrogen and oxygen atoms in total. The fourth-order valence-corrected chi connectivity index (χ4v) is 3.77. The van der Waals surface area contributed by atoms with Crippen LogP contribution in [-0.4, -0.2) is 18.8 Å². The molecule has 1 fully saturated rings. The Morgan fingerprint density at radius 1 is 1.24 bits per heavy atom. The Bertz CT molecular complexity index is 466. The van der Waals surface area contributed by atoms with Crippen molar-refractivity contribution in [3.8, 4) is 0 Å². The van der Waals surface area contributed by atoms with Gasteiger partial charge >= 0.3 is 0 Å². The molecular formula is C17H27BrN2O. The second-order valence-corrected chi connectivity index (χ2v) is 7.80. The van der Waals surface area contributed by atoms with E-state index in [0.29, 0.717) is 5.41 Å². The summed E-state index contributed by atoms with van der Waals surface area (Å²) in [6.45, 7) is 4.68. The van der Waals surface area contributed by atoms with Gasteiger partial charge in [-0.25, -0.2) is 0 Å². The maximum Gasteiger partial charge on any atom is 0.0848 e. The van der Waals surface area contributed by atoms with Crippen molar-refractivity contribution in [3.63, 3.8) is 0 Å². The molecular weight excluding hydrogens is 328 g/mol. The van der Waals surface area contributed by atoms with Gasteiger partial charge in [-0.2, -0.15) is 0 Å². The number of hydrogen-bond donors (Lipinski definition) is 2. The zero-order valence-corrected chi connectivity index (χ0v) is 14.9. The molecule has 0 radical (unpaired) electrons. The second kappa shape index (κ2) is 6.78. The van der Waals surface area contributed by atoms with Gasteiger partial charge in [0.1, 0.15) is 0 Å². The first kappa shape index (κ1) is 16.9. The molecule has 1 saturated carbocycles. The normalized spacial score (nSPS) is 22.0. The van der Waals surface area contributed by atoms with Gasteiger partial charge in [0.2, 0.25) is 0 Å². The molecule has 0 bridgehead atoms. The molecule has 1 unspecified atom stereocenters. The third kappa shape index (κ3) is 3.86. The minimum absolute atomic E-state index is 0.122. The van der Waals surface area contributed by atoms with E-state index in [1.807, 2.05) is 13.2 Å². The van der Waals surface area contributed by atoms with E-state index in [4.69, 9.17) is 10.6 Å². The molecule has 1 aromatic carbocycles. The maximum atomic E-state index is 5.98. The summed E-state index contributed by atoms with van der Waals surface area (Å²) in [4.78, 5) is 0. The number of ether oxygens (including phenoxy) is 1. The largest absolute Gasteiger partial charge is 0.377 e. The summed E-state index contributed by atoms with van der Waals surface area (Å²) in [6, 6.07) is 8.44. The van der Waals surface area contributed by atoms with Crippen LogP contribution in [0.15, 0.2) is 28.7 Å². The lowest BCUT2D eigenvalue weighted by molar-refractivity contribution is -0.0862. The number of methoxy groups -OCH3 is 1. The second-order valence-electron chi connectivity index (χ2n) is 6.95. The summed E-state index contributed by atoms with van der Waals surface area (Å²) in [7, 11) is 1.82. The number of halogens is 1. The molecule has 3 N–H and O–H groups in total. The van der Waals surface area contributed by atoms with Crippen LogP contribution in [0.4, 0.5) is 0 Å². The number of hydrogen-bond acceptors (Lipinski definition) is 3. The topological polar surface area (TPSA) is 47.3 Å². The van der Waals surface area contributed by atoms with Crippen molar-refractivity contribution in [2.45, 2.75) is 57.6 Å². The van der Waals surface area contributed by atoms with Crippen LogP contribution in [-0.2, 0) is 11.2 Å². The third-order valence-corrected chi connectivity index (χ3v) is 5.85. The molecule has 1 atom stereocenters. The first-order valence-electron chi connectivity index (χ1n) is 7.67. The number of nitrogens with two attached hydrogens (primary N) is 1. The summed E-state index contributed by atoms with van der Waals surface area (Å²) in [5.74, 6) is 5.88. The molecule has 1 aromatic rings. The molecule has 0 aliphatic heterocycles. The Labute approximate surface area is 136 Å². The highest BCUT2D eigenvalue weighted by Crippen LogP contribution is 2.44. The third-order valence-electron chi connectivity index (χ3n) is 5.07. The van der Waals surface area contributed by atoms with E-state index in [0.717, 1.165) is 23.7 Å². The molecule has 0 heterocycles. The number of hydrazine groups is 1. The van der Waals surface area contributed by atoms with Crippen LogP contribution in [0.3, 0.4) is 0 Å². The van der Waals surface area contributed by atoms with Gasteiger partial charge in [0.25, 0.3) is 0 Å². The summed E-state index contributed by atoms with van der Waals surface area (Å²) in [6.07, 6.45) is 5.32. The molecule has 2 rings (SSSR count). The van der Waals surface area contributed by atoms with Gasteiger partial charge in [-0.05, 0) is 49.1 Å². The standard InChI is InChI=1S/C17H27BrN2O/c1-16(2)8-10-17(21-3,11-9-16)15(20-19)12-13-6-4-5-7-14(13)18/h4-7,15,20H,8-12,19H2,1-3H3. The highest BCUT2D eigenvalue weighted by molar-refractivity contribution is 9.10. The molecule has 21 heavy (non-hydrogen) atoms. The van der Waals surface area contributed by atoms with Crippen molar-refractivity contribution < 1.29 is 4.74 Å². The van der Waals surface area contributed by atoms with E-state index in [-0.39, 0.29) is 11.6 Å². The molecule has 0 aromatic heterocycles. The van der Waals surface area contributed by atoms with Crippen LogP contribution < -0.4 is 11.3 Å². The van der Waals surface area contributed by atoms with Crippen LogP contribution >= 0.6 is 15.9 Å². The molecule has 1 aliphatic carbocycles. The van der Waals surface area contributed by atoms with Crippen LogP contribution in [0, 0.1) is 5.41 Å². The van der Waals surface area contributed by atoms with Crippen molar-refractivity contribution in [3.05, 3.63) is 34.3 Å². The quantitative estimate of drug-likeness (QED) is 0.624. The number of benzene rings is 1. The van der Waals surface area contributed by atoms with Crippen LogP contribution in [0.1, 0.15) is 45.1 Å². The zero-order valence-electron chi connectivity index (χ0n) is 13.3. The lowest BCUT2D eigenvalue weighted by Crippen LogP contribution is -2.57. The smallest absolute Gasteiger partial charge is 0.0848 e. The Hall–Kier alpha value is -0.420. The van der Waals surface area contributed by atoms with E-state index >= 15 is 0 Å². The molecule has 0 amide bonds. The van der Waals surface area contributed by atoms with Gasteiger partial charge in [-0.1, -0.05) is 48.0 Å². The van der Waals surface area contributed by atoms with E-state index < -0.39 is 0 Å². The van der Waals surface area contributed by atoms with Crippen molar-refractivity contribution in [1.29, 1.82) is 0 Å². The van der Waals surface area contributed by atoms with E-state index in [1.54, 1.807) is 0 Å². The molecule has 0 spiro atoms. The SMILES string of the molecule is COC1(C(Cc2ccccc2Br)NN)CCC(C)(C)CC1. The van der Waals surface area contributed by atoms with Crippen molar-refractivity contribution in [2.24, 2.45) is 11.3 Å². The molecule has 118 valence electrons. The Morgan fingerprint density at radius 2 is 1.86 bits per heavy atom. The monoisotopic (exact) mass is 354 g/mol. The van der Waals surface area contributed by atoms with Crippen LogP contribution in [0.2, 0.25) is 0 Å². The summed E-state index contributed by atoms with van der Waals surface area (Å²) in [5.41, 5.74) is 4.53. The van der Waals surface area contributed by atoms with Crippen LogP contribution in [0.25, 0.3) is 0 Å². The van der Waals surface area contributed by atoms with Crippen molar-refractivity contribution in [2.75, 3.05) is 7.11 Å². The Morgan fingerprint density at radius 3 is 2.38 bits per heavy atom. The Kier molecular flexibility index (Phi) is 5.47. The van der Waals surface area contributed by atoms with Crippen molar-refractivity contribution >= 4 is 15.9 Å². The molecule has 4 heteroatoms. The van der Waals surface area contributed by atoms with Crippen molar-refractivity contribution in [1.82, 2.24) is 5.43 Å². The highest BCUT2D eigenvalue weighted by Gasteiger charge is 2.44. The average Bonchev–Trinajstić information content (AvgIpc) is 2.47. The van der Waals surface area contributed by atoms with Gasteiger partial charge in [0.05, 0.1) is 11.6 Å². The first-order chi connectivity index (χ1) is 9.92. The maximum absolute atomic E-state index is 5.98. The fourth-order valence-electron chi connectivity index (χ4n) is 3.33. The highest BCUT2D eigenvalue weighted by atomic mass is 79.9. The molecule has 0 saturated heterocycles. The van der Waals surface area contributed by atoms with Gasteiger partial charge < -0.3 is 4.74 Å². The van der Waals surface area contributed by atoms with Crippen LogP contribution in [0.5, 0.6) is 0 Å². The average molecular weight is 355 g/mol. The molecule has 1 aliphatic rings. The van der Waals surface area contributed by atoms with E-state index in [9.17, 15) is 0 Å². The summed E-state index contributed by atoms with van der Waals surface area (Å²) >= 11 is 3.63. The fraction of sp³-hybridized carbons (Fsp3) is 0.647. The van der Waals surface area contributed by atoms with Gasteiger partial charge in [-0.15, -0.1) is 0 Å². The first-order valence-corrected chi connectivity index (χ1v) is 8.46. The Balaban J connectivity index is 2.17. The van der Waals surface area contributed by atoms with E-state index in [1.165, 1.54) is 18.4 Å². The van der Waals surface area contributed by atoms with Gasteiger partial charge in [0, 0.05) is 11.6 Å². The lowest BCUT2D eigenvalue weighted by atomic mass is 9.67. The number of rotatable bonds is 5. The lowest BCUT2D eigenvalue weighted by Gasteiger charge is -2.47. The number of nitrogens with one attached hydrogen (secondary N) is 1.